The van der Waals surface area contributed by atoms with Crippen LogP contribution in [0.25, 0.3) is 5.69 Å². The quantitative estimate of drug-likeness (QED) is 0.936. The van der Waals surface area contributed by atoms with E-state index in [-0.39, 0.29) is 11.8 Å². The number of aromatic nitrogens is 2. The average molecular weight is 312 g/mol. The fourth-order valence-electron chi connectivity index (χ4n) is 2.92. The number of likely N-dealkylation sites (tertiary alicyclic amines) is 1. The van der Waals surface area contributed by atoms with Crippen molar-refractivity contribution in [2.24, 2.45) is 0 Å². The Bertz CT molecular complexity index is 696. The number of benzene rings is 1. The Morgan fingerprint density at radius 1 is 1.17 bits per heavy atom. The Hall–Kier alpha value is -2.63. The van der Waals surface area contributed by atoms with E-state index in [1.165, 1.54) is 0 Å². The maximum Gasteiger partial charge on any atom is 0.275 e. The Labute approximate surface area is 135 Å². The summed E-state index contributed by atoms with van der Waals surface area (Å²) >= 11 is 0. The highest BCUT2D eigenvalue weighted by molar-refractivity contribution is 5.96. The molecule has 2 aromatic rings. The number of hydrogen-bond acceptors (Lipinski definition) is 3. The van der Waals surface area contributed by atoms with E-state index in [1.807, 2.05) is 30.3 Å². The molecule has 1 atom stereocenters. The van der Waals surface area contributed by atoms with Crippen molar-refractivity contribution in [3.63, 3.8) is 0 Å². The van der Waals surface area contributed by atoms with Crippen LogP contribution in [0.3, 0.4) is 0 Å². The van der Waals surface area contributed by atoms with Crippen molar-refractivity contribution in [3.05, 3.63) is 48.3 Å². The molecule has 6 heteroatoms. The van der Waals surface area contributed by atoms with Crippen LogP contribution in [0.15, 0.2) is 42.6 Å². The van der Waals surface area contributed by atoms with E-state index in [4.69, 9.17) is 0 Å². The van der Waals surface area contributed by atoms with Crippen molar-refractivity contribution in [1.82, 2.24) is 20.0 Å². The molecule has 1 aromatic carbocycles. The molecule has 2 heterocycles. The number of amides is 2. The van der Waals surface area contributed by atoms with Crippen molar-refractivity contribution in [3.8, 4) is 5.69 Å². The first kappa shape index (κ1) is 15.3. The number of rotatable bonds is 3. The van der Waals surface area contributed by atoms with E-state index in [9.17, 15) is 9.59 Å². The van der Waals surface area contributed by atoms with Gasteiger partial charge in [-0.1, -0.05) is 18.2 Å². The molecule has 1 aliphatic heterocycles. The molecule has 0 spiro atoms. The van der Waals surface area contributed by atoms with Crippen molar-refractivity contribution in [2.45, 2.75) is 25.3 Å². The average Bonchev–Trinajstić information content (AvgIpc) is 3.11. The normalized spacial score (nSPS) is 17.8. The predicted octanol–water partition coefficient (Wildman–Crippen LogP) is 1.61. The van der Waals surface area contributed by atoms with E-state index in [0.717, 1.165) is 18.5 Å². The standard InChI is InChI=1S/C17H20N4O2/c1-18-16(22)15-9-5-6-11-20(15)17(23)14-10-12-21(19-14)13-7-3-2-4-8-13/h2-4,7-8,10,12,15H,5-6,9,11H2,1H3,(H,18,22)/t15-/m1/s1. The number of para-hydroxylation sites is 1. The summed E-state index contributed by atoms with van der Waals surface area (Å²) in [7, 11) is 1.60. The Balaban J connectivity index is 1.82. The lowest BCUT2D eigenvalue weighted by molar-refractivity contribution is -0.126. The number of nitrogens with zero attached hydrogens (tertiary/aromatic N) is 3. The lowest BCUT2D eigenvalue weighted by atomic mass is 10.0. The lowest BCUT2D eigenvalue weighted by Gasteiger charge is -2.33. The number of likely N-dealkylation sites (N-methyl/N-ethyl adjacent to an activating group) is 1. The van der Waals surface area contributed by atoms with Crippen LogP contribution >= 0.6 is 0 Å². The molecule has 1 N–H and O–H groups in total. The van der Waals surface area contributed by atoms with Gasteiger partial charge in [-0.3, -0.25) is 9.59 Å². The van der Waals surface area contributed by atoms with Gasteiger partial charge in [0, 0.05) is 19.8 Å². The second-order valence-corrected chi connectivity index (χ2v) is 5.61. The third-order valence-corrected chi connectivity index (χ3v) is 4.14. The third kappa shape index (κ3) is 3.11. The van der Waals surface area contributed by atoms with Gasteiger partial charge in [-0.15, -0.1) is 0 Å². The van der Waals surface area contributed by atoms with Crippen LogP contribution in [0, 0.1) is 0 Å². The summed E-state index contributed by atoms with van der Waals surface area (Å²) in [5.41, 5.74) is 1.26. The number of piperidine rings is 1. The molecule has 2 amide bonds. The summed E-state index contributed by atoms with van der Waals surface area (Å²) in [4.78, 5) is 26.4. The van der Waals surface area contributed by atoms with Crippen molar-refractivity contribution < 1.29 is 9.59 Å². The number of nitrogens with one attached hydrogen (secondary N) is 1. The van der Waals surface area contributed by atoms with Gasteiger partial charge in [0.15, 0.2) is 5.69 Å². The van der Waals surface area contributed by atoms with E-state index in [2.05, 4.69) is 10.4 Å². The Morgan fingerprint density at radius 3 is 2.70 bits per heavy atom. The molecule has 1 fully saturated rings. The van der Waals surface area contributed by atoms with Crippen molar-refractivity contribution >= 4 is 11.8 Å². The van der Waals surface area contributed by atoms with Gasteiger partial charge in [0.1, 0.15) is 6.04 Å². The fourth-order valence-corrected chi connectivity index (χ4v) is 2.92. The zero-order valence-corrected chi connectivity index (χ0v) is 13.1. The highest BCUT2D eigenvalue weighted by Crippen LogP contribution is 2.20. The first-order valence-electron chi connectivity index (χ1n) is 7.84. The number of carbonyl (C=O) groups excluding carboxylic acids is 2. The molecule has 1 aliphatic rings. The van der Waals surface area contributed by atoms with Crippen LogP contribution in [-0.4, -0.2) is 46.1 Å². The summed E-state index contributed by atoms with van der Waals surface area (Å²) in [6.45, 7) is 0.592. The van der Waals surface area contributed by atoms with Crippen LogP contribution in [0.4, 0.5) is 0 Å². The molecule has 0 bridgehead atoms. The summed E-state index contributed by atoms with van der Waals surface area (Å²) in [5.74, 6) is -0.298. The molecule has 6 nitrogen and oxygen atoms in total. The largest absolute Gasteiger partial charge is 0.357 e. The molecule has 1 saturated heterocycles. The minimum absolute atomic E-state index is 0.111. The van der Waals surface area contributed by atoms with E-state index in [0.29, 0.717) is 18.7 Å². The Kier molecular flexibility index (Phi) is 4.41. The zero-order valence-electron chi connectivity index (χ0n) is 13.1. The zero-order chi connectivity index (χ0) is 16.2. The lowest BCUT2D eigenvalue weighted by Crippen LogP contribution is -2.51. The van der Waals surface area contributed by atoms with Gasteiger partial charge in [-0.25, -0.2) is 4.68 Å². The third-order valence-electron chi connectivity index (χ3n) is 4.14. The second-order valence-electron chi connectivity index (χ2n) is 5.61. The number of hydrogen-bond donors (Lipinski definition) is 1. The molecule has 0 radical (unpaired) electrons. The van der Waals surface area contributed by atoms with Gasteiger partial charge >= 0.3 is 0 Å². The van der Waals surface area contributed by atoms with E-state index < -0.39 is 6.04 Å². The van der Waals surface area contributed by atoms with Crippen LogP contribution in [0.2, 0.25) is 0 Å². The van der Waals surface area contributed by atoms with Crippen LogP contribution in [0.5, 0.6) is 0 Å². The van der Waals surface area contributed by atoms with Crippen molar-refractivity contribution in [1.29, 1.82) is 0 Å². The van der Waals surface area contributed by atoms with E-state index >= 15 is 0 Å². The van der Waals surface area contributed by atoms with Gasteiger partial charge in [0.25, 0.3) is 5.91 Å². The molecule has 23 heavy (non-hydrogen) atoms. The first-order valence-corrected chi connectivity index (χ1v) is 7.84. The summed E-state index contributed by atoms with van der Waals surface area (Å²) in [6, 6.07) is 10.9. The SMILES string of the molecule is CNC(=O)[C@H]1CCCCN1C(=O)c1ccn(-c2ccccc2)n1. The summed E-state index contributed by atoms with van der Waals surface area (Å²) in [6.07, 6.45) is 4.34. The minimum Gasteiger partial charge on any atom is -0.357 e. The Morgan fingerprint density at radius 2 is 1.96 bits per heavy atom. The van der Waals surface area contributed by atoms with Crippen LogP contribution in [-0.2, 0) is 4.79 Å². The van der Waals surface area contributed by atoms with Gasteiger partial charge in [-0.05, 0) is 37.5 Å². The fraction of sp³-hybridized carbons (Fsp3) is 0.353. The maximum absolute atomic E-state index is 12.7. The molecular formula is C17H20N4O2. The van der Waals surface area contributed by atoms with Crippen molar-refractivity contribution in [2.75, 3.05) is 13.6 Å². The summed E-state index contributed by atoms with van der Waals surface area (Å²) in [5, 5.41) is 7.01. The van der Waals surface area contributed by atoms with Crippen LogP contribution < -0.4 is 5.32 Å². The molecule has 1 aromatic heterocycles. The topological polar surface area (TPSA) is 67.2 Å². The van der Waals surface area contributed by atoms with Gasteiger partial charge < -0.3 is 10.2 Å². The molecule has 120 valence electrons. The van der Waals surface area contributed by atoms with E-state index in [1.54, 1.807) is 28.9 Å². The monoisotopic (exact) mass is 312 g/mol. The van der Waals surface area contributed by atoms with Gasteiger partial charge in [0.2, 0.25) is 5.91 Å². The minimum atomic E-state index is -0.400. The predicted molar refractivity (Wildman–Crippen MR) is 86.3 cm³/mol. The smallest absolute Gasteiger partial charge is 0.275 e. The molecule has 0 unspecified atom stereocenters. The number of carbonyl (C=O) groups is 2. The van der Waals surface area contributed by atoms with Gasteiger partial charge in [0.05, 0.1) is 5.69 Å². The highest BCUT2D eigenvalue weighted by Gasteiger charge is 2.32. The molecular weight excluding hydrogens is 292 g/mol. The second kappa shape index (κ2) is 6.64. The molecule has 0 aliphatic carbocycles. The highest BCUT2D eigenvalue weighted by atomic mass is 16.2. The molecule has 0 saturated carbocycles. The maximum atomic E-state index is 12.7. The van der Waals surface area contributed by atoms with Gasteiger partial charge in [-0.2, -0.15) is 5.10 Å². The molecule has 3 rings (SSSR count). The summed E-state index contributed by atoms with van der Waals surface area (Å²) < 4.78 is 1.67. The first-order chi connectivity index (χ1) is 11.2. The van der Waals surface area contributed by atoms with Crippen LogP contribution in [0.1, 0.15) is 29.8 Å².